The summed E-state index contributed by atoms with van der Waals surface area (Å²) in [7, 11) is 0. The molecule has 0 atom stereocenters. The van der Waals surface area contributed by atoms with Gasteiger partial charge in [-0.15, -0.1) is 0 Å². The summed E-state index contributed by atoms with van der Waals surface area (Å²) in [6.45, 7) is 1.73. The highest BCUT2D eigenvalue weighted by molar-refractivity contribution is 5.74. The fourth-order valence-corrected chi connectivity index (χ4v) is 3.17. The zero-order valence-corrected chi connectivity index (χ0v) is 17.2. The van der Waals surface area contributed by atoms with E-state index in [1.54, 1.807) is 31.2 Å². The van der Waals surface area contributed by atoms with Gasteiger partial charge in [-0.25, -0.2) is 19.6 Å². The normalized spacial score (nSPS) is 13.2. The summed E-state index contributed by atoms with van der Waals surface area (Å²) in [5, 5.41) is 10.1. The number of nitrogens with zero attached hydrogens (tertiary/aromatic N) is 4. The number of aliphatic carboxylic acids is 1. The summed E-state index contributed by atoms with van der Waals surface area (Å²) >= 11 is 0. The first-order valence-electron chi connectivity index (χ1n) is 9.83. The van der Waals surface area contributed by atoms with Gasteiger partial charge in [0, 0.05) is 55.3 Å². The van der Waals surface area contributed by atoms with Crippen molar-refractivity contribution in [3.8, 4) is 11.3 Å². The van der Waals surface area contributed by atoms with Gasteiger partial charge in [0.05, 0.1) is 18.2 Å². The molecule has 0 saturated carbocycles. The van der Waals surface area contributed by atoms with E-state index in [4.69, 9.17) is 14.3 Å². The van der Waals surface area contributed by atoms with Crippen LogP contribution in [0.1, 0.15) is 16.8 Å². The van der Waals surface area contributed by atoms with Gasteiger partial charge in [-0.2, -0.15) is 13.2 Å². The lowest BCUT2D eigenvalue weighted by Crippen LogP contribution is -2.41. The van der Waals surface area contributed by atoms with Crippen LogP contribution in [0.25, 0.3) is 11.3 Å². The summed E-state index contributed by atoms with van der Waals surface area (Å²) in [4.78, 5) is 36.2. The van der Waals surface area contributed by atoms with Gasteiger partial charge in [0.15, 0.2) is 0 Å². The fraction of sp³-hybridized carbons (Fsp3) is 0.286. The molecule has 3 aromatic rings. The molecule has 9 nitrogen and oxygen atoms in total. The number of carboxylic acids is 1. The predicted octanol–water partition coefficient (Wildman–Crippen LogP) is 3.08. The number of rotatable bonds is 3. The Balaban J connectivity index is 0.000000383. The van der Waals surface area contributed by atoms with Gasteiger partial charge in [-0.1, -0.05) is 6.07 Å². The average molecular weight is 463 g/mol. The van der Waals surface area contributed by atoms with Gasteiger partial charge >= 0.3 is 18.2 Å². The zero-order chi connectivity index (χ0) is 23.8. The minimum atomic E-state index is -5.08. The highest BCUT2D eigenvalue weighted by atomic mass is 19.4. The number of hydrogen-bond acceptors (Lipinski definition) is 6. The van der Waals surface area contributed by atoms with E-state index in [1.165, 1.54) is 0 Å². The first kappa shape index (κ1) is 23.7. The molecule has 0 fully saturated rings. The van der Waals surface area contributed by atoms with Gasteiger partial charge in [0.1, 0.15) is 6.33 Å². The molecule has 4 rings (SSSR count). The van der Waals surface area contributed by atoms with Crippen LogP contribution in [0.5, 0.6) is 0 Å². The van der Waals surface area contributed by atoms with E-state index in [-0.39, 0.29) is 6.03 Å². The first-order valence-corrected chi connectivity index (χ1v) is 9.83. The number of alkyl halides is 3. The van der Waals surface area contributed by atoms with Crippen molar-refractivity contribution in [3.05, 3.63) is 66.3 Å². The van der Waals surface area contributed by atoms with Crippen molar-refractivity contribution in [3.63, 3.8) is 0 Å². The third-order valence-corrected chi connectivity index (χ3v) is 4.78. The van der Waals surface area contributed by atoms with E-state index in [9.17, 15) is 18.0 Å². The van der Waals surface area contributed by atoms with Crippen LogP contribution >= 0.6 is 0 Å². The summed E-state index contributed by atoms with van der Waals surface area (Å²) in [5.41, 5.74) is 4.90. The minimum absolute atomic E-state index is 0.0699. The fourth-order valence-electron chi connectivity index (χ4n) is 3.17. The molecule has 0 radical (unpaired) electrons. The summed E-state index contributed by atoms with van der Waals surface area (Å²) in [6.07, 6.45) is 4.73. The number of hydrogen-bond donors (Lipinski definition) is 2. The van der Waals surface area contributed by atoms with Crippen LogP contribution in [0.4, 0.5) is 18.0 Å². The van der Waals surface area contributed by atoms with Crippen LogP contribution in [-0.4, -0.2) is 56.2 Å². The van der Waals surface area contributed by atoms with Crippen LogP contribution < -0.4 is 5.32 Å². The molecule has 3 aromatic heterocycles. The standard InChI is InChI=1S/C19H19N5O2.C2HF3O2/c25-19(21-11-14-2-1-6-20-10-14)24-7-3-16-17(4-8-24)22-13-23-18(16)15-5-9-26-12-15;3-2(4,5)1(6)7/h1-2,5-6,9-10,12-13H,3-4,7-8,11H2,(H,21,25);(H,6,7). The zero-order valence-electron chi connectivity index (χ0n) is 17.2. The van der Waals surface area contributed by atoms with Crippen LogP contribution in [-0.2, 0) is 24.2 Å². The van der Waals surface area contributed by atoms with Gasteiger partial charge in [0.2, 0.25) is 0 Å². The summed E-state index contributed by atoms with van der Waals surface area (Å²) < 4.78 is 36.9. The van der Waals surface area contributed by atoms with Crippen molar-refractivity contribution in [2.75, 3.05) is 13.1 Å². The Morgan fingerprint density at radius 1 is 1.18 bits per heavy atom. The molecule has 33 heavy (non-hydrogen) atoms. The molecule has 2 N–H and O–H groups in total. The van der Waals surface area contributed by atoms with E-state index < -0.39 is 12.1 Å². The number of aromatic nitrogens is 3. The number of carbonyl (C=O) groups is 2. The topological polar surface area (TPSA) is 121 Å². The number of carboxylic acid groups (broad SMARTS) is 1. The quantitative estimate of drug-likeness (QED) is 0.612. The Hall–Kier alpha value is -3.96. The van der Waals surface area contributed by atoms with Gasteiger partial charge in [-0.3, -0.25) is 4.98 Å². The van der Waals surface area contributed by atoms with Crippen molar-refractivity contribution in [1.82, 2.24) is 25.2 Å². The first-order chi connectivity index (χ1) is 15.8. The molecule has 0 aromatic carbocycles. The number of carbonyl (C=O) groups excluding carboxylic acids is 1. The molecule has 174 valence electrons. The van der Waals surface area contributed by atoms with Crippen molar-refractivity contribution in [1.29, 1.82) is 0 Å². The monoisotopic (exact) mass is 463 g/mol. The molecule has 12 heteroatoms. The molecule has 1 aliphatic heterocycles. The maximum Gasteiger partial charge on any atom is 0.490 e. The van der Waals surface area contributed by atoms with Crippen molar-refractivity contribution < 1.29 is 32.3 Å². The van der Waals surface area contributed by atoms with Crippen LogP contribution in [0.2, 0.25) is 0 Å². The second kappa shape index (κ2) is 10.6. The number of nitrogens with one attached hydrogen (secondary N) is 1. The molecule has 0 spiro atoms. The van der Waals surface area contributed by atoms with E-state index in [0.717, 1.165) is 34.5 Å². The number of fused-ring (bicyclic) bond motifs is 1. The molecule has 4 heterocycles. The Kier molecular flexibility index (Phi) is 7.59. The van der Waals surface area contributed by atoms with Crippen LogP contribution in [0.15, 0.2) is 53.9 Å². The predicted molar refractivity (Wildman–Crippen MR) is 109 cm³/mol. The van der Waals surface area contributed by atoms with Crippen LogP contribution in [0.3, 0.4) is 0 Å². The lowest BCUT2D eigenvalue weighted by Gasteiger charge is -2.20. The molecule has 0 unspecified atom stereocenters. The number of urea groups is 1. The third kappa shape index (κ3) is 6.51. The molecule has 0 aliphatic carbocycles. The average Bonchev–Trinajstić information content (AvgIpc) is 3.24. The van der Waals surface area contributed by atoms with Gasteiger partial charge in [-0.05, 0) is 24.1 Å². The molecule has 1 aliphatic rings. The summed E-state index contributed by atoms with van der Waals surface area (Å²) in [5.74, 6) is -2.76. The van der Waals surface area contributed by atoms with Gasteiger partial charge < -0.3 is 19.7 Å². The van der Waals surface area contributed by atoms with Gasteiger partial charge in [0.25, 0.3) is 0 Å². The smallest absolute Gasteiger partial charge is 0.475 e. The molecular weight excluding hydrogens is 443 g/mol. The Morgan fingerprint density at radius 2 is 1.94 bits per heavy atom. The van der Waals surface area contributed by atoms with E-state index in [1.807, 2.05) is 23.1 Å². The third-order valence-electron chi connectivity index (χ3n) is 4.78. The largest absolute Gasteiger partial charge is 0.490 e. The summed E-state index contributed by atoms with van der Waals surface area (Å²) in [6, 6.07) is 5.63. The Labute approximate surface area is 186 Å². The highest BCUT2D eigenvalue weighted by Crippen LogP contribution is 2.26. The maximum atomic E-state index is 12.5. The Morgan fingerprint density at radius 3 is 2.58 bits per heavy atom. The van der Waals surface area contributed by atoms with E-state index >= 15 is 0 Å². The Bertz CT molecular complexity index is 1080. The van der Waals surface area contributed by atoms with Crippen molar-refractivity contribution >= 4 is 12.0 Å². The number of halogens is 3. The number of furan rings is 1. The van der Waals surface area contributed by atoms with E-state index in [2.05, 4.69) is 20.3 Å². The second-order valence-corrected chi connectivity index (χ2v) is 6.97. The number of pyridine rings is 1. The second-order valence-electron chi connectivity index (χ2n) is 6.97. The highest BCUT2D eigenvalue weighted by Gasteiger charge is 2.38. The molecule has 0 bridgehead atoms. The van der Waals surface area contributed by atoms with Crippen molar-refractivity contribution in [2.24, 2.45) is 0 Å². The molecule has 2 amide bonds. The molecular formula is C21H20F3N5O4. The van der Waals surface area contributed by atoms with E-state index in [0.29, 0.717) is 26.1 Å². The SMILES string of the molecule is O=C(NCc1cccnc1)N1CCc2ncnc(-c3ccoc3)c2CC1.O=C(O)C(F)(F)F. The van der Waals surface area contributed by atoms with Crippen molar-refractivity contribution in [2.45, 2.75) is 25.6 Å². The number of amides is 2. The van der Waals surface area contributed by atoms with Crippen LogP contribution in [0, 0.1) is 0 Å². The molecule has 0 saturated heterocycles. The minimum Gasteiger partial charge on any atom is -0.475 e. The lowest BCUT2D eigenvalue weighted by atomic mass is 10.0. The lowest BCUT2D eigenvalue weighted by molar-refractivity contribution is -0.192. The maximum absolute atomic E-state index is 12.5.